The van der Waals surface area contributed by atoms with Crippen molar-refractivity contribution in [2.24, 2.45) is 0 Å². The maximum absolute atomic E-state index is 4.15. The molecule has 0 unspecified atom stereocenters. The van der Waals surface area contributed by atoms with Crippen molar-refractivity contribution in [2.75, 3.05) is 0 Å². The first-order chi connectivity index (χ1) is 9.74. The van der Waals surface area contributed by atoms with Gasteiger partial charge in [0, 0.05) is 35.1 Å². The Morgan fingerprint density at radius 1 is 0.950 bits per heavy atom. The number of aromatic nitrogens is 4. The summed E-state index contributed by atoms with van der Waals surface area (Å²) in [5.74, 6) is 0. The van der Waals surface area contributed by atoms with Crippen LogP contribution in [0.25, 0.3) is 22.1 Å². The smallest absolute Gasteiger partial charge is 0.137 e. The third-order valence-electron chi connectivity index (χ3n) is 3.20. The molecule has 0 saturated heterocycles. The molecular weight excluding hydrogens is 248 g/mol. The van der Waals surface area contributed by atoms with Gasteiger partial charge in [-0.05, 0) is 49.7 Å². The van der Waals surface area contributed by atoms with E-state index in [0.29, 0.717) is 0 Å². The molecule has 4 heterocycles. The maximum atomic E-state index is 4.15. The zero-order valence-corrected chi connectivity index (χ0v) is 11.5. The normalized spacial score (nSPS) is 10.5. The van der Waals surface area contributed by atoms with Crippen molar-refractivity contribution in [3.8, 4) is 0 Å². The van der Waals surface area contributed by atoms with Crippen molar-refractivity contribution in [1.82, 2.24) is 19.9 Å². The highest BCUT2D eigenvalue weighted by molar-refractivity contribution is 5.78. The summed E-state index contributed by atoms with van der Waals surface area (Å²) in [6.45, 7) is 4.11. The summed E-state index contributed by atoms with van der Waals surface area (Å²) < 4.78 is 0. The molecule has 4 rings (SSSR count). The van der Waals surface area contributed by atoms with Gasteiger partial charge in [-0.1, -0.05) is 0 Å². The third-order valence-corrected chi connectivity index (χ3v) is 3.20. The highest BCUT2D eigenvalue weighted by atomic mass is 14.8. The van der Waals surface area contributed by atoms with E-state index in [1.165, 1.54) is 16.3 Å². The SMILES string of the molecule is Cc1cc2cccnc2[nH]1.Cc1ccnc2[nH]ccc12. The number of fused-ring (bicyclic) bond motifs is 2. The second kappa shape index (κ2) is 5.17. The minimum Gasteiger partial charge on any atom is -0.346 e. The lowest BCUT2D eigenvalue weighted by Gasteiger charge is -1.91. The lowest BCUT2D eigenvalue weighted by Crippen LogP contribution is -1.77. The molecule has 0 saturated carbocycles. The van der Waals surface area contributed by atoms with Gasteiger partial charge in [0.15, 0.2) is 0 Å². The minimum atomic E-state index is 0.972. The van der Waals surface area contributed by atoms with E-state index in [9.17, 15) is 0 Å². The van der Waals surface area contributed by atoms with E-state index >= 15 is 0 Å². The number of pyridine rings is 2. The Hall–Kier alpha value is -2.62. The number of hydrogen-bond acceptors (Lipinski definition) is 2. The molecule has 0 aliphatic heterocycles. The fourth-order valence-corrected chi connectivity index (χ4v) is 2.19. The van der Waals surface area contributed by atoms with Crippen molar-refractivity contribution in [3.05, 3.63) is 60.2 Å². The van der Waals surface area contributed by atoms with Crippen LogP contribution in [0.4, 0.5) is 0 Å². The molecule has 4 heteroatoms. The van der Waals surface area contributed by atoms with Gasteiger partial charge < -0.3 is 9.97 Å². The average molecular weight is 264 g/mol. The minimum absolute atomic E-state index is 0.972. The van der Waals surface area contributed by atoms with Crippen LogP contribution in [0.2, 0.25) is 0 Å². The summed E-state index contributed by atoms with van der Waals surface area (Å²) in [7, 11) is 0. The summed E-state index contributed by atoms with van der Waals surface area (Å²) in [6.07, 6.45) is 5.51. The first-order valence-electron chi connectivity index (χ1n) is 6.53. The van der Waals surface area contributed by atoms with Crippen LogP contribution in [0, 0.1) is 13.8 Å². The molecule has 0 spiro atoms. The molecule has 0 aliphatic rings. The van der Waals surface area contributed by atoms with Crippen LogP contribution in [0.3, 0.4) is 0 Å². The number of nitrogens with zero attached hydrogens (tertiary/aromatic N) is 2. The van der Waals surface area contributed by atoms with Crippen molar-refractivity contribution < 1.29 is 0 Å². The van der Waals surface area contributed by atoms with Gasteiger partial charge in [-0.25, -0.2) is 9.97 Å². The fourth-order valence-electron chi connectivity index (χ4n) is 2.19. The van der Waals surface area contributed by atoms with Crippen LogP contribution in [-0.2, 0) is 0 Å². The fraction of sp³-hybridized carbons (Fsp3) is 0.125. The van der Waals surface area contributed by atoms with E-state index in [1.54, 1.807) is 6.20 Å². The van der Waals surface area contributed by atoms with Gasteiger partial charge in [0.05, 0.1) is 0 Å². The molecule has 0 amide bonds. The van der Waals surface area contributed by atoms with Gasteiger partial charge in [0.2, 0.25) is 0 Å². The molecule has 0 atom stereocenters. The second-order valence-corrected chi connectivity index (χ2v) is 4.76. The lowest BCUT2D eigenvalue weighted by atomic mass is 10.2. The van der Waals surface area contributed by atoms with E-state index < -0.39 is 0 Å². The number of aromatic amines is 2. The number of nitrogens with one attached hydrogen (secondary N) is 2. The molecule has 20 heavy (non-hydrogen) atoms. The average Bonchev–Trinajstić information content (AvgIpc) is 3.04. The van der Waals surface area contributed by atoms with Crippen molar-refractivity contribution in [2.45, 2.75) is 13.8 Å². The topological polar surface area (TPSA) is 57.4 Å². The zero-order chi connectivity index (χ0) is 13.9. The maximum Gasteiger partial charge on any atom is 0.137 e. The Kier molecular flexibility index (Phi) is 3.21. The molecule has 2 N–H and O–H groups in total. The van der Waals surface area contributed by atoms with Crippen molar-refractivity contribution in [1.29, 1.82) is 0 Å². The summed E-state index contributed by atoms with van der Waals surface area (Å²) in [4.78, 5) is 14.5. The van der Waals surface area contributed by atoms with E-state index in [2.05, 4.69) is 32.9 Å². The van der Waals surface area contributed by atoms with Gasteiger partial charge in [0.1, 0.15) is 11.3 Å². The van der Waals surface area contributed by atoms with Crippen LogP contribution < -0.4 is 0 Å². The molecular formula is C16H16N4. The Balaban J connectivity index is 0.000000121. The molecule has 0 radical (unpaired) electrons. The first-order valence-corrected chi connectivity index (χ1v) is 6.53. The van der Waals surface area contributed by atoms with Crippen LogP contribution >= 0.6 is 0 Å². The molecule has 0 aromatic carbocycles. The highest BCUT2D eigenvalue weighted by Crippen LogP contribution is 2.12. The molecule has 0 fully saturated rings. The molecule has 0 bridgehead atoms. The molecule has 4 nitrogen and oxygen atoms in total. The number of hydrogen-bond donors (Lipinski definition) is 2. The Labute approximate surface area is 116 Å². The van der Waals surface area contributed by atoms with Crippen molar-refractivity contribution >= 4 is 22.1 Å². The van der Waals surface area contributed by atoms with Crippen LogP contribution in [0.1, 0.15) is 11.3 Å². The van der Waals surface area contributed by atoms with E-state index in [4.69, 9.17) is 0 Å². The monoisotopic (exact) mass is 264 g/mol. The van der Waals surface area contributed by atoms with Crippen molar-refractivity contribution in [3.63, 3.8) is 0 Å². The van der Waals surface area contributed by atoms with E-state index in [-0.39, 0.29) is 0 Å². The quantitative estimate of drug-likeness (QED) is 0.508. The standard InChI is InChI=1S/2C8H8N2/c1-6-2-4-9-8-7(6)3-5-10-8;1-6-5-7-3-2-4-9-8(7)10-6/h2*2-5H,1H3,(H,9,10). The number of H-pyrrole nitrogens is 2. The lowest BCUT2D eigenvalue weighted by molar-refractivity contribution is 1.25. The summed E-state index contributed by atoms with van der Waals surface area (Å²) >= 11 is 0. The van der Waals surface area contributed by atoms with Gasteiger partial charge in [0.25, 0.3) is 0 Å². The molecule has 0 aliphatic carbocycles. The molecule has 100 valence electrons. The molecule has 4 aromatic rings. The number of aryl methyl sites for hydroxylation is 2. The summed E-state index contributed by atoms with van der Waals surface area (Å²) in [5, 5.41) is 2.39. The van der Waals surface area contributed by atoms with Crippen LogP contribution in [0.15, 0.2) is 48.9 Å². The van der Waals surface area contributed by atoms with E-state index in [0.717, 1.165) is 17.0 Å². The number of rotatable bonds is 0. The van der Waals surface area contributed by atoms with Crippen LogP contribution in [-0.4, -0.2) is 19.9 Å². The van der Waals surface area contributed by atoms with Crippen LogP contribution in [0.5, 0.6) is 0 Å². The third kappa shape index (κ3) is 2.40. The molecule has 4 aromatic heterocycles. The largest absolute Gasteiger partial charge is 0.346 e. The summed E-state index contributed by atoms with van der Waals surface area (Å²) in [6, 6.07) is 10.1. The Bertz CT molecular complexity index is 808. The van der Waals surface area contributed by atoms with Gasteiger partial charge >= 0.3 is 0 Å². The Morgan fingerprint density at radius 3 is 2.60 bits per heavy atom. The second-order valence-electron chi connectivity index (χ2n) is 4.76. The van der Waals surface area contributed by atoms with Gasteiger partial charge in [-0.15, -0.1) is 0 Å². The van der Waals surface area contributed by atoms with Gasteiger partial charge in [-0.3, -0.25) is 0 Å². The predicted molar refractivity (Wildman–Crippen MR) is 81.7 cm³/mol. The first kappa shape index (κ1) is 12.4. The summed E-state index contributed by atoms with van der Waals surface area (Å²) in [5.41, 5.74) is 4.37. The highest BCUT2D eigenvalue weighted by Gasteiger charge is 1.95. The van der Waals surface area contributed by atoms with Gasteiger partial charge in [-0.2, -0.15) is 0 Å². The Morgan fingerprint density at radius 2 is 1.80 bits per heavy atom. The zero-order valence-electron chi connectivity index (χ0n) is 11.5. The van der Waals surface area contributed by atoms with E-state index in [1.807, 2.05) is 43.6 Å². The predicted octanol–water partition coefficient (Wildman–Crippen LogP) is 3.74.